The third kappa shape index (κ3) is 2.30. The molecule has 2 rings (SSSR count). The predicted molar refractivity (Wildman–Crippen MR) is 74.2 cm³/mol. The van der Waals surface area contributed by atoms with Crippen LogP contribution in [0.25, 0.3) is 0 Å². The van der Waals surface area contributed by atoms with Crippen molar-refractivity contribution in [3.63, 3.8) is 0 Å². The van der Waals surface area contributed by atoms with Gasteiger partial charge in [-0.1, -0.05) is 19.8 Å². The lowest BCUT2D eigenvalue weighted by Crippen LogP contribution is -2.08. The minimum Gasteiger partial charge on any atom is -0.384 e. The van der Waals surface area contributed by atoms with E-state index in [4.69, 9.17) is 17.1 Å². The zero-order valence-corrected chi connectivity index (χ0v) is 11.3. The van der Waals surface area contributed by atoms with Gasteiger partial charge in [-0.2, -0.15) is 11.8 Å². The molecule has 0 aliphatic carbocycles. The van der Waals surface area contributed by atoms with Crippen LogP contribution < -0.4 is 5.73 Å². The molecule has 1 aliphatic rings. The van der Waals surface area contributed by atoms with Crippen molar-refractivity contribution in [2.75, 3.05) is 17.2 Å². The van der Waals surface area contributed by atoms with E-state index in [1.807, 2.05) is 16.3 Å². The largest absolute Gasteiger partial charge is 0.384 e. The van der Waals surface area contributed by atoms with Crippen LogP contribution in [0.15, 0.2) is 0 Å². The number of nitrogens with zero attached hydrogens (tertiary/aromatic N) is 2. The molecule has 1 unspecified atom stereocenters. The number of nitrogens with two attached hydrogens (primary N) is 1. The standard InChI is InChI=1S/C13H19N3S/c1-4-6-16-12(14)11(10-5-7-17-8-10)15-13(16)9(2)3/h1,9-10H,5-8,14H2,2-3H3. The average Bonchev–Trinajstić information content (AvgIpc) is 2.88. The molecule has 1 aromatic heterocycles. The molecule has 3 nitrogen and oxygen atoms in total. The van der Waals surface area contributed by atoms with Gasteiger partial charge in [0.25, 0.3) is 0 Å². The number of terminal acetylenes is 1. The van der Waals surface area contributed by atoms with Gasteiger partial charge in [-0.25, -0.2) is 4.98 Å². The molecule has 0 saturated carbocycles. The topological polar surface area (TPSA) is 43.8 Å². The fourth-order valence-electron chi connectivity index (χ4n) is 2.25. The Bertz CT molecular complexity index is 436. The summed E-state index contributed by atoms with van der Waals surface area (Å²) in [6, 6.07) is 0. The molecule has 2 heterocycles. The number of nitrogen functional groups attached to an aromatic ring is 1. The van der Waals surface area contributed by atoms with Crippen molar-refractivity contribution in [1.82, 2.24) is 9.55 Å². The van der Waals surface area contributed by atoms with Crippen molar-refractivity contribution in [3.8, 4) is 12.3 Å². The summed E-state index contributed by atoms with van der Waals surface area (Å²) >= 11 is 1.98. The smallest absolute Gasteiger partial charge is 0.127 e. The second kappa shape index (κ2) is 5.05. The molecule has 4 heteroatoms. The van der Waals surface area contributed by atoms with Gasteiger partial charge in [0.15, 0.2) is 0 Å². The highest BCUT2D eigenvalue weighted by Gasteiger charge is 2.26. The van der Waals surface area contributed by atoms with Gasteiger partial charge in [0, 0.05) is 17.6 Å². The first-order valence-electron chi connectivity index (χ1n) is 6.02. The summed E-state index contributed by atoms with van der Waals surface area (Å²) in [5, 5.41) is 0. The van der Waals surface area contributed by atoms with E-state index in [-0.39, 0.29) is 0 Å². The summed E-state index contributed by atoms with van der Waals surface area (Å²) in [5.41, 5.74) is 7.27. The molecule has 0 bridgehead atoms. The van der Waals surface area contributed by atoms with E-state index < -0.39 is 0 Å². The Morgan fingerprint density at radius 3 is 2.94 bits per heavy atom. The van der Waals surface area contributed by atoms with Crippen LogP contribution in [-0.2, 0) is 6.54 Å². The molecule has 1 saturated heterocycles. The number of imidazole rings is 1. The number of thioether (sulfide) groups is 1. The second-order valence-corrected chi connectivity index (χ2v) is 5.90. The normalized spacial score (nSPS) is 19.8. The fraction of sp³-hybridized carbons (Fsp3) is 0.615. The third-order valence-electron chi connectivity index (χ3n) is 3.15. The summed E-state index contributed by atoms with van der Waals surface area (Å²) in [6.07, 6.45) is 6.58. The minimum absolute atomic E-state index is 0.355. The summed E-state index contributed by atoms with van der Waals surface area (Å²) in [4.78, 5) is 4.74. The van der Waals surface area contributed by atoms with Crippen LogP contribution in [0.2, 0.25) is 0 Å². The fourth-order valence-corrected chi connectivity index (χ4v) is 3.48. The van der Waals surface area contributed by atoms with Gasteiger partial charge in [0.1, 0.15) is 11.6 Å². The van der Waals surface area contributed by atoms with Gasteiger partial charge in [0.2, 0.25) is 0 Å². The van der Waals surface area contributed by atoms with Crippen LogP contribution in [0.5, 0.6) is 0 Å². The number of anilines is 1. The first-order chi connectivity index (χ1) is 8.15. The van der Waals surface area contributed by atoms with E-state index in [2.05, 4.69) is 19.8 Å². The SMILES string of the molecule is C#CCn1c(C(C)C)nc(C2CCSC2)c1N. The summed E-state index contributed by atoms with van der Waals surface area (Å²) in [6.45, 7) is 4.77. The highest BCUT2D eigenvalue weighted by Crippen LogP contribution is 2.36. The monoisotopic (exact) mass is 249 g/mol. The molecule has 0 radical (unpaired) electrons. The molecule has 0 spiro atoms. The maximum Gasteiger partial charge on any atom is 0.127 e. The van der Waals surface area contributed by atoms with Gasteiger partial charge in [0.05, 0.1) is 12.2 Å². The summed E-state index contributed by atoms with van der Waals surface area (Å²) in [5.74, 6) is 7.67. The van der Waals surface area contributed by atoms with Crippen molar-refractivity contribution in [2.24, 2.45) is 0 Å². The highest BCUT2D eigenvalue weighted by atomic mass is 32.2. The maximum absolute atomic E-state index is 6.20. The van der Waals surface area contributed by atoms with E-state index in [1.54, 1.807) is 0 Å². The van der Waals surface area contributed by atoms with Crippen LogP contribution in [0, 0.1) is 12.3 Å². The van der Waals surface area contributed by atoms with Gasteiger partial charge in [-0.05, 0) is 12.2 Å². The highest BCUT2D eigenvalue weighted by molar-refractivity contribution is 7.99. The lowest BCUT2D eigenvalue weighted by Gasteiger charge is -2.08. The predicted octanol–water partition coefficient (Wildman–Crippen LogP) is 2.44. The minimum atomic E-state index is 0.355. The van der Waals surface area contributed by atoms with Crippen LogP contribution in [0.3, 0.4) is 0 Å². The van der Waals surface area contributed by atoms with Crippen molar-refractivity contribution >= 4 is 17.6 Å². The van der Waals surface area contributed by atoms with Gasteiger partial charge >= 0.3 is 0 Å². The zero-order chi connectivity index (χ0) is 12.4. The van der Waals surface area contributed by atoms with E-state index in [0.717, 1.165) is 23.1 Å². The number of hydrogen-bond donors (Lipinski definition) is 1. The van der Waals surface area contributed by atoms with Crippen LogP contribution in [-0.4, -0.2) is 21.1 Å². The van der Waals surface area contributed by atoms with Crippen LogP contribution in [0.1, 0.15) is 43.6 Å². The molecule has 1 atom stereocenters. The molecule has 92 valence electrons. The molecule has 1 aromatic rings. The average molecular weight is 249 g/mol. The Labute approximate surface area is 107 Å². The Kier molecular flexibility index (Phi) is 3.68. The Balaban J connectivity index is 2.40. The summed E-state index contributed by atoms with van der Waals surface area (Å²) in [7, 11) is 0. The van der Waals surface area contributed by atoms with Gasteiger partial charge < -0.3 is 10.3 Å². The second-order valence-electron chi connectivity index (χ2n) is 4.75. The van der Waals surface area contributed by atoms with Crippen molar-refractivity contribution in [2.45, 2.75) is 38.6 Å². The number of rotatable bonds is 3. The molecule has 2 N–H and O–H groups in total. The molecule has 0 aromatic carbocycles. The zero-order valence-electron chi connectivity index (χ0n) is 10.4. The van der Waals surface area contributed by atoms with Crippen molar-refractivity contribution < 1.29 is 0 Å². The maximum atomic E-state index is 6.20. The molecule has 1 fully saturated rings. The van der Waals surface area contributed by atoms with E-state index >= 15 is 0 Å². The van der Waals surface area contributed by atoms with Gasteiger partial charge in [-0.15, -0.1) is 6.42 Å². The van der Waals surface area contributed by atoms with Crippen molar-refractivity contribution in [1.29, 1.82) is 0 Å². The molecular formula is C13H19N3S. The first kappa shape index (κ1) is 12.4. The Morgan fingerprint density at radius 2 is 2.41 bits per heavy atom. The van der Waals surface area contributed by atoms with E-state index in [1.165, 1.54) is 12.2 Å². The molecular weight excluding hydrogens is 230 g/mol. The Morgan fingerprint density at radius 1 is 1.65 bits per heavy atom. The third-order valence-corrected chi connectivity index (χ3v) is 4.31. The first-order valence-corrected chi connectivity index (χ1v) is 7.17. The number of hydrogen-bond acceptors (Lipinski definition) is 3. The van der Waals surface area contributed by atoms with Gasteiger partial charge in [-0.3, -0.25) is 0 Å². The quantitative estimate of drug-likeness (QED) is 0.837. The Hall–Kier alpha value is -1.08. The molecule has 0 amide bonds. The lowest BCUT2D eigenvalue weighted by molar-refractivity contribution is 0.687. The lowest BCUT2D eigenvalue weighted by atomic mass is 10.1. The van der Waals surface area contributed by atoms with Crippen LogP contribution >= 0.6 is 11.8 Å². The summed E-state index contributed by atoms with van der Waals surface area (Å²) < 4.78 is 1.99. The van der Waals surface area contributed by atoms with E-state index in [0.29, 0.717) is 18.4 Å². The molecule has 1 aliphatic heterocycles. The van der Waals surface area contributed by atoms with Crippen LogP contribution in [0.4, 0.5) is 5.82 Å². The van der Waals surface area contributed by atoms with E-state index in [9.17, 15) is 0 Å². The molecule has 17 heavy (non-hydrogen) atoms. The van der Waals surface area contributed by atoms with Crippen molar-refractivity contribution in [3.05, 3.63) is 11.5 Å². The number of aromatic nitrogens is 2.